The minimum absolute atomic E-state index is 0.0666. The molecule has 1 aliphatic carbocycles. The van der Waals surface area contributed by atoms with Gasteiger partial charge in [-0.15, -0.1) is 9.95 Å². The van der Waals surface area contributed by atoms with Crippen molar-refractivity contribution in [3.05, 3.63) is 35.0 Å². The number of hydrazone groups is 1. The van der Waals surface area contributed by atoms with Crippen LogP contribution in [0.15, 0.2) is 34.3 Å². The number of guanidine groups is 1. The number of hydrogen-bond donors (Lipinski definition) is 3. The first-order chi connectivity index (χ1) is 11.2. The molecule has 1 aromatic rings. The van der Waals surface area contributed by atoms with Crippen molar-refractivity contribution in [2.45, 2.75) is 43.9 Å². The number of nitrogens with two attached hydrogens (primary N) is 2. The molecule has 0 amide bonds. The van der Waals surface area contributed by atoms with E-state index in [-0.39, 0.29) is 15.7 Å². The molecule has 134 valence electrons. The van der Waals surface area contributed by atoms with Crippen molar-refractivity contribution in [1.82, 2.24) is 0 Å². The number of aryl methyl sites for hydroxylation is 1. The summed E-state index contributed by atoms with van der Waals surface area (Å²) in [6.45, 7) is 1.84. The average molecular weight is 356 g/mol. The van der Waals surface area contributed by atoms with Gasteiger partial charge in [-0.1, -0.05) is 37.0 Å². The second kappa shape index (κ2) is 9.24. The zero-order valence-electron chi connectivity index (χ0n) is 13.6. The maximum absolute atomic E-state index is 10.8. The SMILES string of the molecule is Cc1ccc(S(=O)(=O)O)cc1.NC(N)=[N+]([O-])/N=C/C1CCCCC1. The summed E-state index contributed by atoms with van der Waals surface area (Å²) in [6.07, 6.45) is 7.61. The van der Waals surface area contributed by atoms with Gasteiger partial charge in [-0.3, -0.25) is 16.0 Å². The average Bonchev–Trinajstić information content (AvgIpc) is 2.53. The van der Waals surface area contributed by atoms with Crippen LogP contribution < -0.4 is 11.5 Å². The molecule has 0 aromatic heterocycles. The Morgan fingerprint density at radius 2 is 1.79 bits per heavy atom. The zero-order valence-corrected chi connectivity index (χ0v) is 14.4. The molecule has 8 nitrogen and oxygen atoms in total. The zero-order chi connectivity index (χ0) is 18.2. The molecule has 0 spiro atoms. The maximum atomic E-state index is 10.8. The molecule has 0 bridgehead atoms. The van der Waals surface area contributed by atoms with Gasteiger partial charge in [-0.25, -0.2) is 0 Å². The van der Waals surface area contributed by atoms with Gasteiger partial charge in [-0.2, -0.15) is 8.42 Å². The van der Waals surface area contributed by atoms with Crippen LogP contribution in [-0.2, 0) is 10.1 Å². The van der Waals surface area contributed by atoms with Crippen LogP contribution >= 0.6 is 0 Å². The molecule has 0 radical (unpaired) electrons. The predicted octanol–water partition coefficient (Wildman–Crippen LogP) is 1.58. The molecule has 9 heteroatoms. The fourth-order valence-electron chi connectivity index (χ4n) is 2.21. The molecular formula is C15H24N4O4S. The van der Waals surface area contributed by atoms with Gasteiger partial charge in [0.2, 0.25) is 0 Å². The van der Waals surface area contributed by atoms with Crippen LogP contribution in [0.2, 0.25) is 0 Å². The topological polar surface area (TPSA) is 145 Å². The highest BCUT2D eigenvalue weighted by Crippen LogP contribution is 2.21. The Morgan fingerprint density at radius 3 is 2.25 bits per heavy atom. The largest absolute Gasteiger partial charge is 0.722 e. The van der Waals surface area contributed by atoms with Crippen LogP contribution in [0.3, 0.4) is 0 Å². The number of nitrogens with zero attached hydrogens (tertiary/aromatic N) is 2. The van der Waals surface area contributed by atoms with Crippen LogP contribution in [0.5, 0.6) is 0 Å². The van der Waals surface area contributed by atoms with Crippen LogP contribution in [0.1, 0.15) is 37.7 Å². The van der Waals surface area contributed by atoms with Crippen LogP contribution in [0.25, 0.3) is 0 Å². The highest BCUT2D eigenvalue weighted by Gasteiger charge is 2.10. The Hall–Kier alpha value is -2.13. The second-order valence-electron chi connectivity index (χ2n) is 5.65. The van der Waals surface area contributed by atoms with Gasteiger partial charge in [0.15, 0.2) is 0 Å². The van der Waals surface area contributed by atoms with E-state index >= 15 is 0 Å². The van der Waals surface area contributed by atoms with E-state index in [9.17, 15) is 13.6 Å². The Morgan fingerprint density at radius 1 is 1.25 bits per heavy atom. The molecule has 0 unspecified atom stereocenters. The van der Waals surface area contributed by atoms with E-state index < -0.39 is 10.1 Å². The van der Waals surface area contributed by atoms with Crippen LogP contribution in [0.4, 0.5) is 0 Å². The van der Waals surface area contributed by atoms with Gasteiger partial charge in [0.1, 0.15) is 0 Å². The van der Waals surface area contributed by atoms with E-state index in [1.807, 2.05) is 6.92 Å². The first-order valence-corrected chi connectivity index (χ1v) is 9.07. The molecule has 0 atom stereocenters. The van der Waals surface area contributed by atoms with Crippen molar-refractivity contribution >= 4 is 22.3 Å². The van der Waals surface area contributed by atoms with Crippen LogP contribution in [-0.4, -0.2) is 30.0 Å². The highest BCUT2D eigenvalue weighted by atomic mass is 32.2. The summed E-state index contributed by atoms with van der Waals surface area (Å²) < 4.78 is 29.6. The first kappa shape index (κ1) is 19.9. The Labute approximate surface area is 142 Å². The lowest BCUT2D eigenvalue weighted by molar-refractivity contribution is -0.464. The third-order valence-electron chi connectivity index (χ3n) is 3.57. The summed E-state index contributed by atoms with van der Waals surface area (Å²) in [6, 6.07) is 5.99. The van der Waals surface area contributed by atoms with Gasteiger partial charge in [0, 0.05) is 6.21 Å². The summed E-state index contributed by atoms with van der Waals surface area (Å²) in [5.74, 6) is 0.108. The Kier molecular flexibility index (Phi) is 7.66. The molecular weight excluding hydrogens is 332 g/mol. The minimum atomic E-state index is -4.02. The van der Waals surface area contributed by atoms with E-state index in [4.69, 9.17) is 16.0 Å². The lowest BCUT2D eigenvalue weighted by atomic mass is 9.90. The lowest BCUT2D eigenvalue weighted by Crippen LogP contribution is -2.30. The van der Waals surface area contributed by atoms with Crippen molar-refractivity contribution in [1.29, 1.82) is 0 Å². The third-order valence-corrected chi connectivity index (χ3v) is 4.44. The number of rotatable bonds is 3. The number of hydrogen-bond acceptors (Lipinski definition) is 4. The smallest absolute Gasteiger partial charge is 0.366 e. The molecule has 0 heterocycles. The summed E-state index contributed by atoms with van der Waals surface area (Å²) in [4.78, 5) is 0.192. The first-order valence-electron chi connectivity index (χ1n) is 7.63. The van der Waals surface area contributed by atoms with E-state index in [2.05, 4.69) is 5.10 Å². The highest BCUT2D eigenvalue weighted by molar-refractivity contribution is 7.85. The molecule has 0 aliphatic heterocycles. The van der Waals surface area contributed by atoms with Crippen molar-refractivity contribution < 1.29 is 17.8 Å². The standard InChI is InChI=1S/C8H16N4O.C7H8O3S/c9-8(10)12(13)11-6-7-4-2-1-3-5-7;1-6-2-4-7(5-3-6)11(8,9)10/h6-7H,1-5,9-10H2;2-5H,1H3,(H,8,9,10)/b11-6+;. The normalized spacial score (nSPS) is 15.6. The van der Waals surface area contributed by atoms with E-state index in [1.54, 1.807) is 18.3 Å². The molecule has 0 saturated heterocycles. The van der Waals surface area contributed by atoms with Crippen molar-refractivity contribution in [2.24, 2.45) is 22.5 Å². The van der Waals surface area contributed by atoms with E-state index in [0.29, 0.717) is 5.92 Å². The molecule has 5 N–H and O–H groups in total. The maximum Gasteiger partial charge on any atom is 0.366 e. The third kappa shape index (κ3) is 7.42. The van der Waals surface area contributed by atoms with Gasteiger partial charge in [-0.05, 0) is 37.8 Å². The molecule has 2 rings (SSSR count). The van der Waals surface area contributed by atoms with Gasteiger partial charge in [0.25, 0.3) is 10.1 Å². The fourth-order valence-corrected chi connectivity index (χ4v) is 2.69. The fraction of sp³-hybridized carbons (Fsp3) is 0.467. The van der Waals surface area contributed by atoms with Gasteiger partial charge < -0.3 is 5.21 Å². The molecule has 1 saturated carbocycles. The summed E-state index contributed by atoms with van der Waals surface area (Å²) in [5, 5.41) is 14.4. The quantitative estimate of drug-likeness (QED) is 0.187. The number of benzene rings is 1. The van der Waals surface area contributed by atoms with E-state index in [0.717, 1.165) is 18.4 Å². The molecule has 1 aromatic carbocycles. The predicted molar refractivity (Wildman–Crippen MR) is 93.1 cm³/mol. The lowest BCUT2D eigenvalue weighted by Gasteiger charge is -2.16. The van der Waals surface area contributed by atoms with Crippen molar-refractivity contribution in [3.63, 3.8) is 0 Å². The monoisotopic (exact) mass is 356 g/mol. The summed E-state index contributed by atoms with van der Waals surface area (Å²) in [7, 11) is -4.02. The van der Waals surface area contributed by atoms with Gasteiger partial charge >= 0.3 is 5.96 Å². The van der Waals surface area contributed by atoms with Crippen LogP contribution in [0, 0.1) is 18.0 Å². The Balaban J connectivity index is 0.000000243. The summed E-state index contributed by atoms with van der Waals surface area (Å²) >= 11 is 0. The minimum Gasteiger partial charge on any atom is -0.722 e. The Bertz CT molecular complexity index is 674. The van der Waals surface area contributed by atoms with Crippen molar-refractivity contribution in [3.8, 4) is 0 Å². The van der Waals surface area contributed by atoms with Gasteiger partial charge in [0.05, 0.1) is 4.90 Å². The molecule has 1 aliphatic rings. The second-order valence-corrected chi connectivity index (χ2v) is 7.07. The van der Waals surface area contributed by atoms with E-state index in [1.165, 1.54) is 31.4 Å². The molecule has 1 fully saturated rings. The molecule has 24 heavy (non-hydrogen) atoms. The summed E-state index contributed by atoms with van der Waals surface area (Å²) in [5.41, 5.74) is 11.0. The van der Waals surface area contributed by atoms with Crippen molar-refractivity contribution in [2.75, 3.05) is 0 Å².